The number of halogens is 1. The van der Waals surface area contributed by atoms with E-state index < -0.39 is 0 Å². The summed E-state index contributed by atoms with van der Waals surface area (Å²) < 4.78 is 19.3. The Morgan fingerprint density at radius 3 is 2.60 bits per heavy atom. The molecule has 1 aliphatic carbocycles. The van der Waals surface area contributed by atoms with Crippen molar-refractivity contribution in [2.45, 2.75) is 57.0 Å². The number of rotatable bonds is 6. The van der Waals surface area contributed by atoms with E-state index in [4.69, 9.17) is 9.73 Å². The number of hydrogen-bond acceptors (Lipinski definition) is 5. The van der Waals surface area contributed by atoms with Crippen LogP contribution in [0.5, 0.6) is 5.75 Å². The average Bonchev–Trinajstić information content (AvgIpc) is 3.51. The van der Waals surface area contributed by atoms with Gasteiger partial charge in [0.05, 0.1) is 25.2 Å². The molecule has 3 fully saturated rings. The molecule has 2 aromatic rings. The maximum absolute atomic E-state index is 14.2. The predicted molar refractivity (Wildman–Crippen MR) is 165 cm³/mol. The van der Waals surface area contributed by atoms with Gasteiger partial charge < -0.3 is 24.8 Å². The van der Waals surface area contributed by atoms with E-state index in [1.54, 1.807) is 7.11 Å². The molecule has 3 aliphatic heterocycles. The minimum absolute atomic E-state index is 0.0460. The summed E-state index contributed by atoms with van der Waals surface area (Å²) in [5.74, 6) is 1.13. The standard InChI is InChI=1S/C34H44FN5O2/c1-36-28-14-20-40(31(21-28)25-9-11-27(35)12-10-25)33(41)39-19-13-26(34(23-39)16-5-6-17-34)22-38-18-15-30(37-24-38)29-7-3-4-8-32(29)42-2/h3-4,7-12,15,24,26,28,31,36H,5-6,13-14,16-23H2,1-2H3/t26-,28+,31-/m0/s1. The normalized spacial score (nSPS) is 25.5. The van der Waals surface area contributed by atoms with Crippen LogP contribution in [0, 0.1) is 17.2 Å². The van der Waals surface area contributed by atoms with Crippen LogP contribution in [-0.2, 0) is 0 Å². The number of amides is 2. The molecule has 1 spiro atoms. The Balaban J connectivity index is 1.14. The number of piperidine rings is 2. The maximum Gasteiger partial charge on any atom is 0.320 e. The topological polar surface area (TPSA) is 60.4 Å². The minimum atomic E-state index is -0.242. The highest BCUT2D eigenvalue weighted by molar-refractivity contribution is 5.78. The van der Waals surface area contributed by atoms with E-state index in [-0.39, 0.29) is 23.3 Å². The van der Waals surface area contributed by atoms with Crippen molar-refractivity contribution in [1.29, 1.82) is 0 Å². The van der Waals surface area contributed by atoms with Gasteiger partial charge in [-0.05, 0) is 86.4 Å². The van der Waals surface area contributed by atoms with E-state index in [9.17, 15) is 9.18 Å². The average molecular weight is 574 g/mol. The summed E-state index contributed by atoms with van der Waals surface area (Å²) in [5, 5.41) is 3.40. The first-order valence-electron chi connectivity index (χ1n) is 15.6. The SMILES string of the molecule is CN[C@@H]1CCN(C(=O)N2CC[C@@H](CN3C=NC(c4ccccc4OC)=CC3)C3(CCCC3)C2)[C@H](c2ccc(F)cc2)C1. The van der Waals surface area contributed by atoms with Crippen molar-refractivity contribution in [1.82, 2.24) is 20.0 Å². The first kappa shape index (κ1) is 28.7. The van der Waals surface area contributed by atoms with E-state index in [0.29, 0.717) is 18.5 Å². The number of nitrogens with one attached hydrogen (secondary N) is 1. The highest BCUT2D eigenvalue weighted by Crippen LogP contribution is 2.49. The van der Waals surface area contributed by atoms with Crippen LogP contribution in [0.3, 0.4) is 0 Å². The number of likely N-dealkylation sites (tertiary alicyclic amines) is 2. The molecule has 3 atom stereocenters. The van der Waals surface area contributed by atoms with Crippen molar-refractivity contribution >= 4 is 18.1 Å². The van der Waals surface area contributed by atoms with E-state index in [0.717, 1.165) is 68.0 Å². The zero-order chi connectivity index (χ0) is 29.1. The minimum Gasteiger partial charge on any atom is -0.496 e. The molecule has 1 saturated carbocycles. The molecular formula is C34H44FN5O2. The Bertz CT molecular complexity index is 1310. The highest BCUT2D eigenvalue weighted by Gasteiger charge is 2.48. The number of carbonyl (C=O) groups is 1. The summed E-state index contributed by atoms with van der Waals surface area (Å²) in [6, 6.07) is 15.2. The van der Waals surface area contributed by atoms with Crippen molar-refractivity contribution in [2.24, 2.45) is 16.3 Å². The number of nitrogens with zero attached hydrogens (tertiary/aromatic N) is 4. The van der Waals surface area contributed by atoms with Crippen LogP contribution in [0.4, 0.5) is 9.18 Å². The summed E-state index contributed by atoms with van der Waals surface area (Å²) >= 11 is 0. The van der Waals surface area contributed by atoms with Crippen LogP contribution in [-0.4, -0.2) is 80.0 Å². The summed E-state index contributed by atoms with van der Waals surface area (Å²) in [7, 11) is 3.68. The zero-order valence-corrected chi connectivity index (χ0v) is 25.0. The molecule has 0 aromatic heterocycles. The maximum atomic E-state index is 14.2. The molecule has 42 heavy (non-hydrogen) atoms. The van der Waals surface area contributed by atoms with Crippen LogP contribution >= 0.6 is 0 Å². The van der Waals surface area contributed by atoms with Crippen LogP contribution in [0.15, 0.2) is 59.6 Å². The lowest BCUT2D eigenvalue weighted by Gasteiger charge is -2.50. The van der Waals surface area contributed by atoms with Gasteiger partial charge in [-0.25, -0.2) is 14.2 Å². The summed E-state index contributed by atoms with van der Waals surface area (Å²) in [4.78, 5) is 25.5. The molecule has 2 amide bonds. The molecule has 0 bridgehead atoms. The van der Waals surface area contributed by atoms with Gasteiger partial charge in [0.2, 0.25) is 0 Å². The number of para-hydroxylation sites is 1. The van der Waals surface area contributed by atoms with Crippen molar-refractivity contribution in [3.05, 3.63) is 71.6 Å². The molecule has 6 rings (SSSR count). The van der Waals surface area contributed by atoms with E-state index >= 15 is 0 Å². The van der Waals surface area contributed by atoms with Crippen LogP contribution in [0.2, 0.25) is 0 Å². The third-order valence-corrected chi connectivity index (χ3v) is 10.2. The third kappa shape index (κ3) is 5.78. The Labute approximate surface area is 249 Å². The molecule has 2 aromatic carbocycles. The van der Waals surface area contributed by atoms with Crippen molar-refractivity contribution < 1.29 is 13.9 Å². The van der Waals surface area contributed by atoms with E-state index in [1.807, 2.05) is 43.7 Å². The number of urea groups is 1. The molecule has 4 aliphatic rings. The second kappa shape index (κ2) is 12.5. The first-order chi connectivity index (χ1) is 20.5. The fourth-order valence-electron chi connectivity index (χ4n) is 7.83. The van der Waals surface area contributed by atoms with E-state index in [1.165, 1.54) is 37.8 Å². The van der Waals surface area contributed by atoms with Gasteiger partial charge in [0, 0.05) is 44.3 Å². The Kier molecular flexibility index (Phi) is 8.52. The second-order valence-electron chi connectivity index (χ2n) is 12.5. The van der Waals surface area contributed by atoms with Gasteiger partial charge >= 0.3 is 6.03 Å². The van der Waals surface area contributed by atoms with Gasteiger partial charge in [-0.2, -0.15) is 0 Å². The van der Waals surface area contributed by atoms with Gasteiger partial charge in [0.15, 0.2) is 0 Å². The lowest BCUT2D eigenvalue weighted by Crippen LogP contribution is -2.57. The molecule has 3 heterocycles. The number of carbonyl (C=O) groups excluding carboxylic acids is 1. The molecular weight excluding hydrogens is 529 g/mol. The predicted octanol–water partition coefficient (Wildman–Crippen LogP) is 5.95. The van der Waals surface area contributed by atoms with Gasteiger partial charge in [0.25, 0.3) is 0 Å². The number of methoxy groups -OCH3 is 1. The Morgan fingerprint density at radius 1 is 1.10 bits per heavy atom. The molecule has 224 valence electrons. The molecule has 1 N–H and O–H groups in total. The summed E-state index contributed by atoms with van der Waals surface area (Å²) in [5.41, 5.74) is 3.15. The monoisotopic (exact) mass is 573 g/mol. The second-order valence-corrected chi connectivity index (χ2v) is 12.5. The van der Waals surface area contributed by atoms with Gasteiger partial charge in [-0.1, -0.05) is 37.1 Å². The first-order valence-corrected chi connectivity index (χ1v) is 15.6. The number of benzene rings is 2. The number of aliphatic imine (C=N–C) groups is 1. The lowest BCUT2D eigenvalue weighted by atomic mass is 9.69. The number of ether oxygens (including phenoxy) is 1. The molecule has 7 nitrogen and oxygen atoms in total. The van der Waals surface area contributed by atoms with Gasteiger partial charge in [-0.15, -0.1) is 0 Å². The quantitative estimate of drug-likeness (QED) is 0.464. The molecule has 0 unspecified atom stereocenters. The number of hydrogen-bond donors (Lipinski definition) is 1. The Morgan fingerprint density at radius 2 is 1.88 bits per heavy atom. The Hall–Kier alpha value is -3.39. The fraction of sp³-hybridized carbons (Fsp3) is 0.529. The largest absolute Gasteiger partial charge is 0.496 e. The molecule has 2 saturated heterocycles. The van der Waals surface area contributed by atoms with Gasteiger partial charge in [0.1, 0.15) is 11.6 Å². The van der Waals surface area contributed by atoms with Crippen LogP contribution < -0.4 is 10.1 Å². The van der Waals surface area contributed by atoms with E-state index in [2.05, 4.69) is 32.2 Å². The summed E-state index contributed by atoms with van der Waals surface area (Å²) in [6.45, 7) is 4.11. The molecule has 0 radical (unpaired) electrons. The van der Waals surface area contributed by atoms with Crippen molar-refractivity contribution in [2.75, 3.05) is 46.9 Å². The smallest absolute Gasteiger partial charge is 0.320 e. The third-order valence-electron chi connectivity index (χ3n) is 10.2. The van der Waals surface area contributed by atoms with Crippen LogP contribution in [0.25, 0.3) is 5.70 Å². The van der Waals surface area contributed by atoms with Crippen LogP contribution in [0.1, 0.15) is 62.1 Å². The lowest BCUT2D eigenvalue weighted by molar-refractivity contribution is 0.0212. The highest BCUT2D eigenvalue weighted by atomic mass is 19.1. The molecule has 8 heteroatoms. The zero-order valence-electron chi connectivity index (χ0n) is 25.0. The van der Waals surface area contributed by atoms with Crippen molar-refractivity contribution in [3.8, 4) is 5.75 Å². The van der Waals surface area contributed by atoms with Gasteiger partial charge in [-0.3, -0.25) is 0 Å². The fourth-order valence-corrected chi connectivity index (χ4v) is 7.83. The summed E-state index contributed by atoms with van der Waals surface area (Å²) in [6.07, 6.45) is 11.8. The van der Waals surface area contributed by atoms with Crippen molar-refractivity contribution in [3.63, 3.8) is 0 Å².